The zero-order chi connectivity index (χ0) is 27.6. The molecule has 2 amide bonds. The number of carbonyl (C=O) groups is 2. The molecule has 0 aliphatic rings. The fourth-order valence-electron chi connectivity index (χ4n) is 3.66. The highest BCUT2D eigenvalue weighted by molar-refractivity contribution is 7.15. The Kier molecular flexibility index (Phi) is 10.2. The average Bonchev–Trinajstić information content (AvgIpc) is 3.60. The number of benzene rings is 2. The number of amides is 2. The van der Waals surface area contributed by atoms with E-state index in [2.05, 4.69) is 31.0 Å². The summed E-state index contributed by atoms with van der Waals surface area (Å²) in [5.41, 5.74) is 1.11. The molecule has 2 aromatic heterocycles. The summed E-state index contributed by atoms with van der Waals surface area (Å²) in [5.74, 6) is -1.10. The first-order valence-corrected chi connectivity index (χ1v) is 13.9. The SMILES string of the molecule is O=C(C[C@H](O)c1ccccc1)Nc1nnc(CCCCc2nnc(NC(=O)C(O)C(O)c3ccccc3)s2)s1. The third-order valence-electron chi connectivity index (χ3n) is 5.71. The highest BCUT2D eigenvalue weighted by Crippen LogP contribution is 2.23. The molecule has 0 saturated heterocycles. The topological polar surface area (TPSA) is 170 Å². The van der Waals surface area contributed by atoms with Crippen LogP contribution in [-0.2, 0) is 22.4 Å². The maximum absolute atomic E-state index is 12.3. The van der Waals surface area contributed by atoms with E-state index < -0.39 is 24.2 Å². The standard InChI is InChI=1S/C26H28N6O5S2/c33-18(16-9-3-1-4-10-16)15-19(34)27-25-31-29-20(38-25)13-7-8-14-21-30-32-26(39-21)28-24(37)23(36)22(35)17-11-5-2-6-12-17/h1-6,9-12,18,22-23,33,35-36H,7-8,13-15H2,(H,27,31,34)(H,28,32,37)/t18-,22?,23?/m0/s1. The molecule has 11 nitrogen and oxygen atoms in total. The number of aromatic nitrogens is 4. The fourth-order valence-corrected chi connectivity index (χ4v) is 5.24. The lowest BCUT2D eigenvalue weighted by atomic mass is 10.0. The van der Waals surface area contributed by atoms with Crippen LogP contribution in [0, 0.1) is 0 Å². The Morgan fingerprint density at radius 3 is 1.79 bits per heavy atom. The molecule has 2 heterocycles. The van der Waals surface area contributed by atoms with Crippen molar-refractivity contribution in [2.45, 2.75) is 50.4 Å². The maximum Gasteiger partial charge on any atom is 0.258 e. The lowest BCUT2D eigenvalue weighted by molar-refractivity contribution is -0.130. The number of aliphatic hydroxyl groups excluding tert-OH is 3. The van der Waals surface area contributed by atoms with Gasteiger partial charge in [0.1, 0.15) is 16.1 Å². The zero-order valence-electron chi connectivity index (χ0n) is 20.8. The van der Waals surface area contributed by atoms with E-state index in [4.69, 9.17) is 0 Å². The van der Waals surface area contributed by atoms with Gasteiger partial charge in [-0.05, 0) is 24.0 Å². The molecule has 5 N–H and O–H groups in total. The molecule has 0 fully saturated rings. The van der Waals surface area contributed by atoms with Gasteiger partial charge < -0.3 is 20.6 Å². The maximum atomic E-state index is 12.3. The minimum Gasteiger partial charge on any atom is -0.388 e. The molecule has 0 radical (unpaired) electrons. The van der Waals surface area contributed by atoms with Gasteiger partial charge in [0, 0.05) is 12.8 Å². The van der Waals surface area contributed by atoms with E-state index in [1.807, 2.05) is 6.07 Å². The van der Waals surface area contributed by atoms with Gasteiger partial charge in [-0.1, -0.05) is 83.3 Å². The molecular formula is C26H28N6O5S2. The number of rotatable bonds is 13. The van der Waals surface area contributed by atoms with Crippen LogP contribution in [0.25, 0.3) is 0 Å². The van der Waals surface area contributed by atoms with E-state index in [-0.39, 0.29) is 17.5 Å². The average molecular weight is 569 g/mol. The molecule has 2 aromatic carbocycles. The summed E-state index contributed by atoms with van der Waals surface area (Å²) in [6.45, 7) is 0. The van der Waals surface area contributed by atoms with Gasteiger partial charge in [-0.2, -0.15) is 0 Å². The lowest BCUT2D eigenvalue weighted by Crippen LogP contribution is -2.33. The van der Waals surface area contributed by atoms with Gasteiger partial charge in [0.05, 0.1) is 12.5 Å². The first-order valence-electron chi connectivity index (χ1n) is 12.3. The van der Waals surface area contributed by atoms with Crippen molar-refractivity contribution < 1.29 is 24.9 Å². The van der Waals surface area contributed by atoms with Crippen molar-refractivity contribution in [3.05, 3.63) is 81.8 Å². The quantitative estimate of drug-likeness (QED) is 0.152. The van der Waals surface area contributed by atoms with Crippen LogP contribution in [-0.4, -0.2) is 53.6 Å². The Balaban J connectivity index is 1.16. The molecule has 4 rings (SSSR count). The molecule has 0 aliphatic heterocycles. The van der Waals surface area contributed by atoms with Gasteiger partial charge in [-0.3, -0.25) is 14.9 Å². The number of carbonyl (C=O) groups excluding carboxylic acids is 2. The van der Waals surface area contributed by atoms with Crippen molar-refractivity contribution >= 4 is 44.8 Å². The van der Waals surface area contributed by atoms with Gasteiger partial charge in [0.2, 0.25) is 16.2 Å². The second-order valence-corrected chi connectivity index (χ2v) is 10.8. The van der Waals surface area contributed by atoms with Crippen LogP contribution in [0.5, 0.6) is 0 Å². The fraction of sp³-hybridized carbons (Fsp3) is 0.308. The summed E-state index contributed by atoms with van der Waals surface area (Å²) in [4.78, 5) is 24.5. The minimum absolute atomic E-state index is 0.0736. The number of aryl methyl sites for hydroxylation is 2. The Hall–Kier alpha value is -3.62. The Labute approximate surface area is 232 Å². The number of hydrogen-bond donors (Lipinski definition) is 5. The molecule has 13 heteroatoms. The van der Waals surface area contributed by atoms with Gasteiger partial charge in [0.15, 0.2) is 6.10 Å². The predicted molar refractivity (Wildman–Crippen MR) is 147 cm³/mol. The van der Waals surface area contributed by atoms with Crippen LogP contribution in [0.2, 0.25) is 0 Å². The van der Waals surface area contributed by atoms with Crippen LogP contribution >= 0.6 is 22.7 Å². The molecule has 0 aliphatic carbocycles. The summed E-state index contributed by atoms with van der Waals surface area (Å²) in [6, 6.07) is 17.4. The summed E-state index contributed by atoms with van der Waals surface area (Å²) in [7, 11) is 0. The van der Waals surface area contributed by atoms with Crippen LogP contribution in [0.3, 0.4) is 0 Å². The molecule has 3 atom stereocenters. The second kappa shape index (κ2) is 14.0. The van der Waals surface area contributed by atoms with Crippen LogP contribution in [0.1, 0.15) is 52.6 Å². The summed E-state index contributed by atoms with van der Waals surface area (Å²) >= 11 is 2.50. The highest BCUT2D eigenvalue weighted by Gasteiger charge is 2.26. The molecule has 0 bridgehead atoms. The van der Waals surface area contributed by atoms with Gasteiger partial charge in [-0.15, -0.1) is 20.4 Å². The van der Waals surface area contributed by atoms with E-state index >= 15 is 0 Å². The number of nitrogens with zero attached hydrogens (tertiary/aromatic N) is 4. The third kappa shape index (κ3) is 8.43. The number of unbranched alkanes of at least 4 members (excludes halogenated alkanes) is 1. The molecule has 0 spiro atoms. The van der Waals surface area contributed by atoms with Crippen LogP contribution in [0.15, 0.2) is 60.7 Å². The van der Waals surface area contributed by atoms with Gasteiger partial charge in [-0.25, -0.2) is 0 Å². The van der Waals surface area contributed by atoms with E-state index in [9.17, 15) is 24.9 Å². The summed E-state index contributed by atoms with van der Waals surface area (Å²) in [5, 5.41) is 54.1. The number of anilines is 2. The van der Waals surface area contributed by atoms with Crippen LogP contribution < -0.4 is 10.6 Å². The van der Waals surface area contributed by atoms with Crippen molar-refractivity contribution in [1.82, 2.24) is 20.4 Å². The zero-order valence-corrected chi connectivity index (χ0v) is 22.4. The van der Waals surface area contributed by atoms with Crippen LogP contribution in [0.4, 0.5) is 10.3 Å². The molecule has 4 aromatic rings. The summed E-state index contributed by atoms with van der Waals surface area (Å²) in [6.07, 6.45) is -1.05. The molecule has 2 unspecified atom stereocenters. The normalized spacial score (nSPS) is 13.4. The van der Waals surface area contributed by atoms with Crippen molar-refractivity contribution in [2.75, 3.05) is 10.6 Å². The van der Waals surface area contributed by atoms with Crippen molar-refractivity contribution in [1.29, 1.82) is 0 Å². The van der Waals surface area contributed by atoms with Crippen molar-refractivity contribution in [2.24, 2.45) is 0 Å². The lowest BCUT2D eigenvalue weighted by Gasteiger charge is -2.16. The second-order valence-electron chi connectivity index (χ2n) is 8.68. The Morgan fingerprint density at radius 2 is 1.23 bits per heavy atom. The van der Waals surface area contributed by atoms with E-state index in [0.717, 1.165) is 22.9 Å². The predicted octanol–water partition coefficient (Wildman–Crippen LogP) is 3.05. The van der Waals surface area contributed by atoms with Crippen molar-refractivity contribution in [3.8, 4) is 0 Å². The molecular weight excluding hydrogens is 540 g/mol. The third-order valence-corrected chi connectivity index (χ3v) is 7.51. The van der Waals surface area contributed by atoms with Crippen molar-refractivity contribution in [3.63, 3.8) is 0 Å². The largest absolute Gasteiger partial charge is 0.388 e. The number of hydrogen-bond acceptors (Lipinski definition) is 11. The number of aliphatic hydroxyl groups is 3. The summed E-state index contributed by atoms with van der Waals surface area (Å²) < 4.78 is 0. The smallest absolute Gasteiger partial charge is 0.258 e. The van der Waals surface area contributed by atoms with Gasteiger partial charge >= 0.3 is 0 Å². The molecule has 0 saturated carbocycles. The molecule has 39 heavy (non-hydrogen) atoms. The number of nitrogens with one attached hydrogen (secondary N) is 2. The monoisotopic (exact) mass is 568 g/mol. The Morgan fingerprint density at radius 1 is 0.718 bits per heavy atom. The Bertz CT molecular complexity index is 1350. The van der Waals surface area contributed by atoms with E-state index in [1.54, 1.807) is 54.6 Å². The first kappa shape index (κ1) is 28.4. The van der Waals surface area contributed by atoms with Gasteiger partial charge in [0.25, 0.3) is 5.91 Å². The molecule has 204 valence electrons. The van der Waals surface area contributed by atoms with E-state index in [1.165, 1.54) is 22.7 Å². The minimum atomic E-state index is -1.64. The first-order chi connectivity index (χ1) is 18.9. The van der Waals surface area contributed by atoms with E-state index in [0.29, 0.717) is 29.1 Å². The highest BCUT2D eigenvalue weighted by atomic mass is 32.1.